The highest BCUT2D eigenvalue weighted by Crippen LogP contribution is 2.37. The van der Waals surface area contributed by atoms with E-state index in [0.717, 1.165) is 40.7 Å². The summed E-state index contributed by atoms with van der Waals surface area (Å²) >= 11 is 3.64. The van der Waals surface area contributed by atoms with E-state index in [1.165, 1.54) is 32.1 Å². The van der Waals surface area contributed by atoms with E-state index in [0.29, 0.717) is 5.92 Å². The molecule has 1 saturated carbocycles. The molecule has 0 aromatic carbocycles. The number of anilines is 1. The van der Waals surface area contributed by atoms with E-state index >= 15 is 0 Å². The summed E-state index contributed by atoms with van der Waals surface area (Å²) in [7, 11) is 0. The van der Waals surface area contributed by atoms with Crippen molar-refractivity contribution in [3.8, 4) is 0 Å². The van der Waals surface area contributed by atoms with Gasteiger partial charge in [0.25, 0.3) is 0 Å². The number of nitrogens with zero attached hydrogens (tertiary/aromatic N) is 2. The monoisotopic (exact) mass is 339 g/mol. The lowest BCUT2D eigenvalue weighted by Crippen LogP contribution is -2.17. The van der Waals surface area contributed by atoms with E-state index in [9.17, 15) is 0 Å². The fourth-order valence-corrected chi connectivity index (χ4v) is 3.71. The summed E-state index contributed by atoms with van der Waals surface area (Å²) in [6.45, 7) is 7.45. The summed E-state index contributed by atoms with van der Waals surface area (Å²) in [4.78, 5) is 9.62. The molecule has 3 nitrogen and oxygen atoms in total. The number of halogens is 1. The second-order valence-electron chi connectivity index (χ2n) is 5.71. The van der Waals surface area contributed by atoms with Crippen molar-refractivity contribution in [1.29, 1.82) is 0 Å². The molecule has 1 aliphatic carbocycles. The molecule has 1 N–H and O–H groups in total. The molecule has 1 aromatic rings. The first-order valence-corrected chi connectivity index (χ1v) is 8.78. The lowest BCUT2D eigenvalue weighted by molar-refractivity contribution is 0.307. The fourth-order valence-electron chi connectivity index (χ4n) is 3.11. The lowest BCUT2D eigenvalue weighted by Gasteiger charge is -2.28. The van der Waals surface area contributed by atoms with Gasteiger partial charge < -0.3 is 5.32 Å². The third kappa shape index (κ3) is 3.51. The highest BCUT2D eigenvalue weighted by molar-refractivity contribution is 9.10. The second-order valence-corrected chi connectivity index (χ2v) is 6.51. The van der Waals surface area contributed by atoms with Gasteiger partial charge in [0.1, 0.15) is 11.6 Å². The van der Waals surface area contributed by atoms with Crippen LogP contribution in [0.3, 0.4) is 0 Å². The Bertz CT molecular complexity index is 448. The van der Waals surface area contributed by atoms with Crippen LogP contribution in [0.1, 0.15) is 70.3 Å². The van der Waals surface area contributed by atoms with Crippen molar-refractivity contribution in [2.75, 3.05) is 11.9 Å². The van der Waals surface area contributed by atoms with Gasteiger partial charge in [0.05, 0.1) is 10.2 Å². The van der Waals surface area contributed by atoms with Crippen molar-refractivity contribution in [3.05, 3.63) is 16.0 Å². The Morgan fingerprint density at radius 3 is 2.65 bits per heavy atom. The van der Waals surface area contributed by atoms with Crippen molar-refractivity contribution in [1.82, 2.24) is 9.97 Å². The number of hydrogen-bond donors (Lipinski definition) is 1. The van der Waals surface area contributed by atoms with Crippen molar-refractivity contribution >= 4 is 21.7 Å². The standard InChI is InChI=1S/C16H26BrN3/c1-4-11-8-7-9-12(10-11)15-19-13(5-2)14(17)16(20-15)18-6-3/h11-12H,4-10H2,1-3H3,(H,18,19,20). The Labute approximate surface area is 131 Å². The maximum absolute atomic E-state index is 4.83. The van der Waals surface area contributed by atoms with E-state index in [-0.39, 0.29) is 0 Å². The third-order valence-electron chi connectivity index (χ3n) is 4.34. The zero-order valence-electron chi connectivity index (χ0n) is 12.9. The van der Waals surface area contributed by atoms with Crippen LogP contribution in [0, 0.1) is 5.92 Å². The predicted molar refractivity (Wildman–Crippen MR) is 88.3 cm³/mol. The van der Waals surface area contributed by atoms with Gasteiger partial charge in [-0.05, 0) is 48.0 Å². The molecule has 20 heavy (non-hydrogen) atoms. The van der Waals surface area contributed by atoms with Gasteiger partial charge in [-0.15, -0.1) is 0 Å². The van der Waals surface area contributed by atoms with Crippen LogP contribution in [0.4, 0.5) is 5.82 Å². The zero-order valence-corrected chi connectivity index (χ0v) is 14.5. The normalized spacial score (nSPS) is 22.8. The molecule has 2 rings (SSSR count). The summed E-state index contributed by atoms with van der Waals surface area (Å²) in [6.07, 6.45) is 7.43. The van der Waals surface area contributed by atoms with E-state index in [2.05, 4.69) is 42.0 Å². The summed E-state index contributed by atoms with van der Waals surface area (Å²) in [5, 5.41) is 3.36. The van der Waals surface area contributed by atoms with Gasteiger partial charge in [0.15, 0.2) is 0 Å². The Balaban J connectivity index is 2.28. The highest BCUT2D eigenvalue weighted by Gasteiger charge is 2.25. The third-order valence-corrected chi connectivity index (χ3v) is 5.17. The SMILES string of the molecule is CCNc1nc(C2CCCC(CC)C2)nc(CC)c1Br. The Morgan fingerprint density at radius 1 is 1.20 bits per heavy atom. The average molecular weight is 340 g/mol. The molecule has 0 spiro atoms. The lowest BCUT2D eigenvalue weighted by atomic mass is 9.80. The van der Waals surface area contributed by atoms with Gasteiger partial charge in [-0.25, -0.2) is 9.97 Å². The minimum absolute atomic E-state index is 0.546. The number of aromatic nitrogens is 2. The summed E-state index contributed by atoms with van der Waals surface area (Å²) in [5.41, 5.74) is 1.13. The van der Waals surface area contributed by atoms with Crippen LogP contribution >= 0.6 is 15.9 Å². The number of hydrogen-bond acceptors (Lipinski definition) is 3. The van der Waals surface area contributed by atoms with Gasteiger partial charge in [0.2, 0.25) is 0 Å². The van der Waals surface area contributed by atoms with E-state index in [1.807, 2.05) is 0 Å². The van der Waals surface area contributed by atoms with Crippen molar-refractivity contribution < 1.29 is 0 Å². The van der Waals surface area contributed by atoms with Crippen LogP contribution in [0.15, 0.2) is 4.47 Å². The molecule has 0 bridgehead atoms. The summed E-state index contributed by atoms with van der Waals surface area (Å²) in [5.74, 6) is 3.42. The van der Waals surface area contributed by atoms with Crippen LogP contribution in [0.2, 0.25) is 0 Å². The molecule has 112 valence electrons. The number of aryl methyl sites for hydroxylation is 1. The maximum atomic E-state index is 4.83. The molecule has 0 amide bonds. The molecule has 2 atom stereocenters. The van der Waals surface area contributed by atoms with Crippen LogP contribution in [0.5, 0.6) is 0 Å². The molecular weight excluding hydrogens is 314 g/mol. The first-order chi connectivity index (χ1) is 9.69. The summed E-state index contributed by atoms with van der Waals surface area (Å²) < 4.78 is 1.04. The van der Waals surface area contributed by atoms with Gasteiger partial charge in [-0.2, -0.15) is 0 Å². The van der Waals surface area contributed by atoms with Crippen LogP contribution in [-0.4, -0.2) is 16.5 Å². The first-order valence-electron chi connectivity index (χ1n) is 7.99. The van der Waals surface area contributed by atoms with Crippen molar-refractivity contribution in [2.45, 2.75) is 65.2 Å². The smallest absolute Gasteiger partial charge is 0.144 e. The summed E-state index contributed by atoms with van der Waals surface area (Å²) in [6, 6.07) is 0. The Hall–Kier alpha value is -0.640. The fraction of sp³-hybridized carbons (Fsp3) is 0.750. The predicted octanol–water partition coefficient (Wildman–Crippen LogP) is 4.92. The van der Waals surface area contributed by atoms with Crippen LogP contribution in [-0.2, 0) is 6.42 Å². The molecule has 0 radical (unpaired) electrons. The Morgan fingerprint density at radius 2 is 2.00 bits per heavy atom. The molecule has 1 fully saturated rings. The van der Waals surface area contributed by atoms with E-state index < -0.39 is 0 Å². The molecule has 2 unspecified atom stereocenters. The zero-order chi connectivity index (χ0) is 14.5. The first kappa shape index (κ1) is 15.7. The topological polar surface area (TPSA) is 37.8 Å². The molecule has 1 aliphatic rings. The van der Waals surface area contributed by atoms with Crippen molar-refractivity contribution in [2.24, 2.45) is 5.92 Å². The van der Waals surface area contributed by atoms with E-state index in [4.69, 9.17) is 9.97 Å². The van der Waals surface area contributed by atoms with Crippen LogP contribution in [0.25, 0.3) is 0 Å². The molecule has 1 heterocycles. The van der Waals surface area contributed by atoms with Gasteiger partial charge in [-0.3, -0.25) is 0 Å². The number of nitrogens with one attached hydrogen (secondary N) is 1. The molecule has 0 saturated heterocycles. The Kier molecular flexibility index (Phi) is 5.82. The minimum atomic E-state index is 0.546. The second kappa shape index (κ2) is 7.39. The molecule has 1 aromatic heterocycles. The quantitative estimate of drug-likeness (QED) is 0.827. The van der Waals surface area contributed by atoms with Crippen molar-refractivity contribution in [3.63, 3.8) is 0 Å². The average Bonchev–Trinajstić information content (AvgIpc) is 2.49. The van der Waals surface area contributed by atoms with Gasteiger partial charge >= 0.3 is 0 Å². The van der Waals surface area contributed by atoms with E-state index in [1.54, 1.807) is 0 Å². The highest BCUT2D eigenvalue weighted by atomic mass is 79.9. The maximum Gasteiger partial charge on any atom is 0.144 e. The molecule has 4 heteroatoms. The molecular formula is C16H26BrN3. The largest absolute Gasteiger partial charge is 0.369 e. The van der Waals surface area contributed by atoms with Gasteiger partial charge in [0, 0.05) is 12.5 Å². The minimum Gasteiger partial charge on any atom is -0.369 e. The van der Waals surface area contributed by atoms with Crippen LogP contribution < -0.4 is 5.32 Å². The number of rotatable bonds is 5. The van der Waals surface area contributed by atoms with Gasteiger partial charge in [-0.1, -0.05) is 33.1 Å². The molecule has 0 aliphatic heterocycles.